The fourth-order valence-corrected chi connectivity index (χ4v) is 2.56. The first-order valence-electron chi connectivity index (χ1n) is 6.34. The maximum absolute atomic E-state index is 11.6. The van der Waals surface area contributed by atoms with Crippen molar-refractivity contribution in [3.05, 3.63) is 35.9 Å². The second-order valence-corrected chi connectivity index (χ2v) is 4.61. The topological polar surface area (TPSA) is 46.3 Å². The maximum atomic E-state index is 11.6. The lowest BCUT2D eigenvalue weighted by molar-refractivity contribution is -0.130. The van der Waals surface area contributed by atoms with E-state index in [2.05, 4.69) is 24.3 Å². The minimum absolute atomic E-state index is 0. The van der Waals surface area contributed by atoms with Crippen LogP contribution in [0.3, 0.4) is 0 Å². The Morgan fingerprint density at radius 1 is 1.33 bits per heavy atom. The Balaban J connectivity index is 0.00000162. The molecule has 1 atom stereocenters. The monoisotopic (exact) mass is 268 g/mol. The molecule has 1 aromatic rings. The van der Waals surface area contributed by atoms with Crippen molar-refractivity contribution in [3.8, 4) is 0 Å². The summed E-state index contributed by atoms with van der Waals surface area (Å²) in [4.78, 5) is 13.6. The highest BCUT2D eigenvalue weighted by Gasteiger charge is 2.27. The molecule has 0 saturated carbocycles. The normalized spacial score (nSPS) is 18.5. The lowest BCUT2D eigenvalue weighted by atomic mass is 10.0. The number of benzene rings is 1. The van der Waals surface area contributed by atoms with Gasteiger partial charge in [-0.3, -0.25) is 4.79 Å². The van der Waals surface area contributed by atoms with Crippen LogP contribution in [-0.2, 0) is 11.2 Å². The van der Waals surface area contributed by atoms with Crippen molar-refractivity contribution in [2.45, 2.75) is 31.7 Å². The second-order valence-electron chi connectivity index (χ2n) is 4.61. The van der Waals surface area contributed by atoms with Gasteiger partial charge in [-0.25, -0.2) is 0 Å². The second kappa shape index (κ2) is 7.39. The van der Waals surface area contributed by atoms with Gasteiger partial charge in [0.15, 0.2) is 0 Å². The highest BCUT2D eigenvalue weighted by Crippen LogP contribution is 2.21. The van der Waals surface area contributed by atoms with Crippen LogP contribution in [0.4, 0.5) is 0 Å². The molecule has 4 heteroatoms. The standard InChI is InChI=1S/C14H20N2O.ClH/c15-11-14(17)16-10-4-7-13(16)9-8-12-5-2-1-3-6-12;/h1-3,5-6,13H,4,7-11,15H2;1H. The minimum Gasteiger partial charge on any atom is -0.339 e. The molecule has 1 unspecified atom stereocenters. The summed E-state index contributed by atoms with van der Waals surface area (Å²) in [5.74, 6) is 0.0977. The van der Waals surface area contributed by atoms with Gasteiger partial charge in [0.25, 0.3) is 0 Å². The summed E-state index contributed by atoms with van der Waals surface area (Å²) < 4.78 is 0. The predicted octanol–water partition coefficient (Wildman–Crippen LogP) is 1.99. The number of hydrogen-bond donors (Lipinski definition) is 1. The van der Waals surface area contributed by atoms with Gasteiger partial charge in [-0.05, 0) is 31.2 Å². The SMILES string of the molecule is Cl.NCC(=O)N1CCCC1CCc1ccccc1. The predicted molar refractivity (Wildman–Crippen MR) is 75.8 cm³/mol. The van der Waals surface area contributed by atoms with Crippen LogP contribution in [0, 0.1) is 0 Å². The average Bonchev–Trinajstić information content (AvgIpc) is 2.85. The Hall–Kier alpha value is -1.06. The van der Waals surface area contributed by atoms with E-state index in [-0.39, 0.29) is 24.9 Å². The highest BCUT2D eigenvalue weighted by atomic mass is 35.5. The fraction of sp³-hybridized carbons (Fsp3) is 0.500. The fourth-order valence-electron chi connectivity index (χ4n) is 2.56. The Bertz CT molecular complexity index is 369. The molecule has 0 bridgehead atoms. The third-order valence-electron chi connectivity index (χ3n) is 3.48. The van der Waals surface area contributed by atoms with E-state index in [4.69, 9.17) is 5.73 Å². The van der Waals surface area contributed by atoms with Crippen LogP contribution < -0.4 is 5.73 Å². The molecule has 1 heterocycles. The molecule has 2 N–H and O–H groups in total. The maximum Gasteiger partial charge on any atom is 0.236 e. The summed E-state index contributed by atoms with van der Waals surface area (Å²) in [6.45, 7) is 1.03. The molecular weight excluding hydrogens is 248 g/mol. The quantitative estimate of drug-likeness (QED) is 0.908. The number of rotatable bonds is 4. The summed E-state index contributed by atoms with van der Waals surface area (Å²) in [6.07, 6.45) is 4.33. The number of amides is 1. The van der Waals surface area contributed by atoms with Gasteiger partial charge in [-0.1, -0.05) is 30.3 Å². The van der Waals surface area contributed by atoms with Crippen molar-refractivity contribution in [1.29, 1.82) is 0 Å². The molecule has 0 radical (unpaired) electrons. The van der Waals surface area contributed by atoms with E-state index in [1.54, 1.807) is 0 Å². The van der Waals surface area contributed by atoms with Crippen LogP contribution in [0.25, 0.3) is 0 Å². The smallest absolute Gasteiger partial charge is 0.236 e. The van der Waals surface area contributed by atoms with E-state index >= 15 is 0 Å². The molecule has 1 aliphatic heterocycles. The number of halogens is 1. The van der Waals surface area contributed by atoms with E-state index in [9.17, 15) is 4.79 Å². The van der Waals surface area contributed by atoms with Crippen LogP contribution in [0.5, 0.6) is 0 Å². The Kier molecular flexibility index (Phi) is 6.16. The van der Waals surface area contributed by atoms with Crippen molar-refractivity contribution in [2.24, 2.45) is 5.73 Å². The third kappa shape index (κ3) is 3.72. The van der Waals surface area contributed by atoms with Gasteiger partial charge < -0.3 is 10.6 Å². The van der Waals surface area contributed by atoms with E-state index in [1.165, 1.54) is 5.56 Å². The summed E-state index contributed by atoms with van der Waals surface area (Å²) in [5, 5.41) is 0. The van der Waals surface area contributed by atoms with Crippen LogP contribution in [0.2, 0.25) is 0 Å². The van der Waals surface area contributed by atoms with Gasteiger partial charge >= 0.3 is 0 Å². The summed E-state index contributed by atoms with van der Waals surface area (Å²) in [7, 11) is 0. The number of carbonyl (C=O) groups is 1. The minimum atomic E-state index is 0. The van der Waals surface area contributed by atoms with Crippen molar-refractivity contribution < 1.29 is 4.79 Å². The van der Waals surface area contributed by atoms with E-state index in [1.807, 2.05) is 11.0 Å². The van der Waals surface area contributed by atoms with Crippen LogP contribution >= 0.6 is 12.4 Å². The zero-order chi connectivity index (χ0) is 12.1. The molecule has 18 heavy (non-hydrogen) atoms. The molecular formula is C14H21ClN2O. The summed E-state index contributed by atoms with van der Waals surface area (Å²) >= 11 is 0. The molecule has 1 aliphatic rings. The van der Waals surface area contributed by atoms with Crippen molar-refractivity contribution in [2.75, 3.05) is 13.1 Å². The molecule has 3 nitrogen and oxygen atoms in total. The molecule has 0 aromatic heterocycles. The molecule has 1 amide bonds. The van der Waals surface area contributed by atoms with Gasteiger partial charge in [-0.15, -0.1) is 12.4 Å². The van der Waals surface area contributed by atoms with Gasteiger partial charge in [0.05, 0.1) is 6.54 Å². The molecule has 100 valence electrons. The van der Waals surface area contributed by atoms with E-state index in [0.29, 0.717) is 6.04 Å². The lowest BCUT2D eigenvalue weighted by Gasteiger charge is -2.24. The first-order valence-corrected chi connectivity index (χ1v) is 6.34. The number of likely N-dealkylation sites (tertiary alicyclic amines) is 1. The number of carbonyl (C=O) groups excluding carboxylic acids is 1. The summed E-state index contributed by atoms with van der Waals surface area (Å²) in [6, 6.07) is 10.8. The number of nitrogens with zero attached hydrogens (tertiary/aromatic N) is 1. The first-order chi connectivity index (χ1) is 8.31. The van der Waals surface area contributed by atoms with Crippen molar-refractivity contribution in [3.63, 3.8) is 0 Å². The van der Waals surface area contributed by atoms with Gasteiger partial charge in [0.2, 0.25) is 5.91 Å². The zero-order valence-corrected chi connectivity index (χ0v) is 11.4. The number of nitrogens with two attached hydrogens (primary N) is 1. The summed E-state index contributed by atoms with van der Waals surface area (Å²) in [5.41, 5.74) is 6.78. The molecule has 1 fully saturated rings. The molecule has 1 aromatic carbocycles. The Morgan fingerprint density at radius 2 is 2.06 bits per heavy atom. The Morgan fingerprint density at radius 3 is 2.72 bits per heavy atom. The van der Waals surface area contributed by atoms with Crippen molar-refractivity contribution in [1.82, 2.24) is 4.90 Å². The Labute approximate surface area is 115 Å². The molecule has 0 aliphatic carbocycles. The lowest BCUT2D eigenvalue weighted by Crippen LogP contribution is -2.39. The van der Waals surface area contributed by atoms with Gasteiger partial charge in [0, 0.05) is 12.6 Å². The largest absolute Gasteiger partial charge is 0.339 e. The van der Waals surface area contributed by atoms with Gasteiger partial charge in [-0.2, -0.15) is 0 Å². The number of aryl methyl sites for hydroxylation is 1. The molecule has 0 spiro atoms. The third-order valence-corrected chi connectivity index (χ3v) is 3.48. The average molecular weight is 269 g/mol. The van der Waals surface area contributed by atoms with E-state index in [0.717, 1.165) is 32.2 Å². The highest BCUT2D eigenvalue weighted by molar-refractivity contribution is 5.85. The molecule has 1 saturated heterocycles. The number of hydrogen-bond acceptors (Lipinski definition) is 2. The van der Waals surface area contributed by atoms with Crippen LogP contribution in [-0.4, -0.2) is 29.9 Å². The van der Waals surface area contributed by atoms with Crippen LogP contribution in [0.1, 0.15) is 24.8 Å². The van der Waals surface area contributed by atoms with Crippen molar-refractivity contribution >= 4 is 18.3 Å². The van der Waals surface area contributed by atoms with Crippen LogP contribution in [0.15, 0.2) is 30.3 Å². The van der Waals surface area contributed by atoms with E-state index < -0.39 is 0 Å². The zero-order valence-electron chi connectivity index (χ0n) is 10.5. The first kappa shape index (κ1) is 15.0. The molecule has 2 rings (SSSR count). The van der Waals surface area contributed by atoms with Gasteiger partial charge in [0.1, 0.15) is 0 Å².